The van der Waals surface area contributed by atoms with Gasteiger partial charge in [-0.05, 0) is 12.1 Å². The smallest absolute Gasteiger partial charge is 0.227 e. The predicted octanol–water partition coefficient (Wildman–Crippen LogP) is 0.123. The summed E-state index contributed by atoms with van der Waals surface area (Å²) >= 11 is 0. The third kappa shape index (κ3) is 2.91. The van der Waals surface area contributed by atoms with E-state index < -0.39 is 0 Å². The van der Waals surface area contributed by atoms with E-state index in [-0.39, 0.29) is 24.2 Å². The van der Waals surface area contributed by atoms with Crippen molar-refractivity contribution in [3.63, 3.8) is 0 Å². The lowest BCUT2D eigenvalue weighted by Gasteiger charge is -2.19. The molecule has 2 rings (SSSR count). The van der Waals surface area contributed by atoms with Gasteiger partial charge in [-0.15, -0.1) is 0 Å². The summed E-state index contributed by atoms with van der Waals surface area (Å²) in [7, 11) is 1.56. The van der Waals surface area contributed by atoms with Crippen LogP contribution in [-0.2, 0) is 9.59 Å². The Labute approximate surface area is 117 Å². The molecule has 1 heterocycles. The topological polar surface area (TPSA) is 84.7 Å². The molecular formula is C14H19N3O3. The maximum Gasteiger partial charge on any atom is 0.227 e. The second kappa shape index (κ2) is 6.38. The Morgan fingerprint density at radius 3 is 2.95 bits per heavy atom. The minimum Gasteiger partial charge on any atom is -0.495 e. The van der Waals surface area contributed by atoms with E-state index in [1.54, 1.807) is 18.1 Å². The quantitative estimate of drug-likeness (QED) is 0.801. The summed E-state index contributed by atoms with van der Waals surface area (Å²) in [5.41, 5.74) is 6.05. The molecule has 0 saturated carbocycles. The van der Waals surface area contributed by atoms with Crippen LogP contribution in [0.1, 0.15) is 6.42 Å². The number of ether oxygens (including phenoxy) is 1. The Kier molecular flexibility index (Phi) is 4.57. The number of nitrogens with one attached hydrogen (secondary N) is 1. The second-order valence-electron chi connectivity index (χ2n) is 4.66. The van der Waals surface area contributed by atoms with Gasteiger partial charge in [0.25, 0.3) is 0 Å². The standard InChI is InChI=1S/C14H19N3O3/c1-20-12-5-3-2-4-11(12)17-9-10(8-13(17)18)14(19)16-7-6-15/h2-5,10H,6-9,15H2,1H3,(H,16,19)/t10-/m0/s1. The summed E-state index contributed by atoms with van der Waals surface area (Å²) in [6.07, 6.45) is 0.217. The number of amides is 2. The first-order chi connectivity index (χ1) is 9.67. The molecule has 1 saturated heterocycles. The zero-order valence-corrected chi connectivity index (χ0v) is 11.5. The van der Waals surface area contributed by atoms with Gasteiger partial charge < -0.3 is 20.7 Å². The number of benzene rings is 1. The molecule has 0 aromatic heterocycles. The van der Waals surface area contributed by atoms with Gasteiger partial charge >= 0.3 is 0 Å². The van der Waals surface area contributed by atoms with Gasteiger partial charge in [0.1, 0.15) is 5.75 Å². The molecule has 3 N–H and O–H groups in total. The van der Waals surface area contributed by atoms with Gasteiger partial charge in [-0.3, -0.25) is 9.59 Å². The van der Waals surface area contributed by atoms with Crippen molar-refractivity contribution in [3.8, 4) is 5.75 Å². The SMILES string of the molecule is COc1ccccc1N1C[C@@H](C(=O)NCCN)CC1=O. The number of hydrogen-bond donors (Lipinski definition) is 2. The molecule has 1 atom stereocenters. The molecule has 1 fully saturated rings. The average Bonchev–Trinajstić information content (AvgIpc) is 2.86. The number of rotatable bonds is 5. The Bertz CT molecular complexity index is 504. The lowest BCUT2D eigenvalue weighted by molar-refractivity contribution is -0.126. The van der Waals surface area contributed by atoms with Gasteiger partial charge in [-0.1, -0.05) is 12.1 Å². The van der Waals surface area contributed by atoms with Crippen molar-refractivity contribution >= 4 is 17.5 Å². The number of nitrogens with two attached hydrogens (primary N) is 1. The van der Waals surface area contributed by atoms with Crippen LogP contribution in [0.4, 0.5) is 5.69 Å². The first-order valence-electron chi connectivity index (χ1n) is 6.58. The van der Waals surface area contributed by atoms with Crippen molar-refractivity contribution in [2.24, 2.45) is 11.7 Å². The van der Waals surface area contributed by atoms with E-state index >= 15 is 0 Å². The molecule has 20 heavy (non-hydrogen) atoms. The molecule has 2 amide bonds. The highest BCUT2D eigenvalue weighted by Gasteiger charge is 2.35. The van der Waals surface area contributed by atoms with Crippen LogP contribution in [0.2, 0.25) is 0 Å². The van der Waals surface area contributed by atoms with Crippen LogP contribution in [0.15, 0.2) is 24.3 Å². The molecule has 1 aromatic carbocycles. The first kappa shape index (κ1) is 14.3. The number of carbonyl (C=O) groups is 2. The van der Waals surface area contributed by atoms with E-state index in [1.165, 1.54) is 0 Å². The minimum absolute atomic E-state index is 0.0672. The van der Waals surface area contributed by atoms with Crippen LogP contribution in [0.3, 0.4) is 0 Å². The van der Waals surface area contributed by atoms with Gasteiger partial charge in [0.15, 0.2) is 0 Å². The van der Waals surface area contributed by atoms with Crippen LogP contribution in [0.5, 0.6) is 5.75 Å². The Balaban J connectivity index is 2.11. The molecule has 108 valence electrons. The molecule has 0 spiro atoms. The van der Waals surface area contributed by atoms with Crippen molar-refractivity contribution in [1.82, 2.24) is 5.32 Å². The van der Waals surface area contributed by atoms with E-state index in [9.17, 15) is 9.59 Å². The fourth-order valence-corrected chi connectivity index (χ4v) is 2.31. The summed E-state index contributed by atoms with van der Waals surface area (Å²) in [5, 5.41) is 2.72. The van der Waals surface area contributed by atoms with E-state index in [1.807, 2.05) is 18.2 Å². The highest BCUT2D eigenvalue weighted by Crippen LogP contribution is 2.32. The number of methoxy groups -OCH3 is 1. The van der Waals surface area contributed by atoms with Gasteiger partial charge in [-0.25, -0.2) is 0 Å². The second-order valence-corrected chi connectivity index (χ2v) is 4.66. The summed E-state index contributed by atoms with van der Waals surface area (Å²) in [6, 6.07) is 7.29. The highest BCUT2D eigenvalue weighted by molar-refractivity contribution is 6.01. The maximum atomic E-state index is 12.1. The molecule has 1 aromatic rings. The molecule has 0 bridgehead atoms. The summed E-state index contributed by atoms with van der Waals surface area (Å²) in [4.78, 5) is 25.6. The number of carbonyl (C=O) groups excluding carboxylic acids is 2. The average molecular weight is 277 g/mol. The first-order valence-corrected chi connectivity index (χ1v) is 6.58. The number of hydrogen-bond acceptors (Lipinski definition) is 4. The summed E-state index contributed by atoms with van der Waals surface area (Å²) in [5.74, 6) is 0.103. The van der Waals surface area contributed by atoms with Crippen LogP contribution in [0, 0.1) is 5.92 Å². The lowest BCUT2D eigenvalue weighted by atomic mass is 10.1. The molecule has 6 heteroatoms. The van der Waals surface area contributed by atoms with Crippen molar-refractivity contribution < 1.29 is 14.3 Å². The summed E-state index contributed by atoms with van der Waals surface area (Å²) < 4.78 is 5.26. The number of anilines is 1. The van der Waals surface area contributed by atoms with Crippen molar-refractivity contribution in [3.05, 3.63) is 24.3 Å². The van der Waals surface area contributed by atoms with E-state index in [0.717, 1.165) is 0 Å². The van der Waals surface area contributed by atoms with Gasteiger partial charge in [-0.2, -0.15) is 0 Å². The molecule has 1 aliphatic rings. The monoisotopic (exact) mass is 277 g/mol. The van der Waals surface area contributed by atoms with Crippen LogP contribution < -0.4 is 20.7 Å². The van der Waals surface area contributed by atoms with Gasteiger partial charge in [0.05, 0.1) is 18.7 Å². The van der Waals surface area contributed by atoms with Crippen LogP contribution in [0.25, 0.3) is 0 Å². The predicted molar refractivity (Wildman–Crippen MR) is 75.5 cm³/mol. The normalized spacial score (nSPS) is 18.2. The van der Waals surface area contributed by atoms with Gasteiger partial charge in [0, 0.05) is 26.1 Å². The van der Waals surface area contributed by atoms with E-state index in [2.05, 4.69) is 5.32 Å². The van der Waals surface area contributed by atoms with E-state index in [4.69, 9.17) is 10.5 Å². The molecule has 6 nitrogen and oxygen atoms in total. The van der Waals surface area contributed by atoms with Crippen molar-refractivity contribution in [1.29, 1.82) is 0 Å². The fourth-order valence-electron chi connectivity index (χ4n) is 2.31. The molecule has 1 aliphatic heterocycles. The Morgan fingerprint density at radius 1 is 1.50 bits per heavy atom. The molecule has 0 radical (unpaired) electrons. The molecule has 0 unspecified atom stereocenters. The fraction of sp³-hybridized carbons (Fsp3) is 0.429. The van der Waals surface area contributed by atoms with E-state index in [0.29, 0.717) is 31.1 Å². The van der Waals surface area contributed by atoms with Crippen LogP contribution >= 0.6 is 0 Å². The zero-order chi connectivity index (χ0) is 14.5. The van der Waals surface area contributed by atoms with Crippen LogP contribution in [-0.4, -0.2) is 38.6 Å². The third-order valence-electron chi connectivity index (χ3n) is 3.32. The summed E-state index contributed by atoms with van der Waals surface area (Å²) in [6.45, 7) is 1.19. The Hall–Kier alpha value is -2.08. The Morgan fingerprint density at radius 2 is 2.25 bits per heavy atom. The largest absolute Gasteiger partial charge is 0.495 e. The van der Waals surface area contributed by atoms with Crippen molar-refractivity contribution in [2.75, 3.05) is 31.6 Å². The molecule has 0 aliphatic carbocycles. The molecular weight excluding hydrogens is 258 g/mol. The minimum atomic E-state index is -0.334. The zero-order valence-electron chi connectivity index (χ0n) is 11.5. The maximum absolute atomic E-state index is 12.1. The number of nitrogens with zero attached hydrogens (tertiary/aromatic N) is 1. The number of para-hydroxylation sites is 2. The van der Waals surface area contributed by atoms with Crippen molar-refractivity contribution in [2.45, 2.75) is 6.42 Å². The third-order valence-corrected chi connectivity index (χ3v) is 3.32. The van der Waals surface area contributed by atoms with Gasteiger partial charge in [0.2, 0.25) is 11.8 Å². The highest BCUT2D eigenvalue weighted by atomic mass is 16.5. The lowest BCUT2D eigenvalue weighted by Crippen LogP contribution is -2.35.